The maximum atomic E-state index is 10.3. The molecule has 0 atom stereocenters. The minimum Gasteiger partial charge on any atom is -0.299 e. The van der Waals surface area contributed by atoms with E-state index in [0.29, 0.717) is 0 Å². The number of carbonyl (C=O) groups is 1. The molecule has 0 aliphatic heterocycles. The zero-order valence-electron chi connectivity index (χ0n) is 9.99. The first kappa shape index (κ1) is 12.1. The van der Waals surface area contributed by atoms with Crippen molar-refractivity contribution >= 4 is 11.9 Å². The standard InChI is InChI=1S/C17H14O/c18-14-8-7-13-17(15-9-3-1-4-10-15)16-11-5-2-6-12-16/h1-14H. The first-order valence-corrected chi connectivity index (χ1v) is 5.85. The summed E-state index contributed by atoms with van der Waals surface area (Å²) >= 11 is 0. The molecule has 1 nitrogen and oxygen atoms in total. The third kappa shape index (κ3) is 3.05. The fourth-order valence-corrected chi connectivity index (χ4v) is 1.79. The minimum atomic E-state index is 0.782. The smallest absolute Gasteiger partial charge is 0.142 e. The van der Waals surface area contributed by atoms with E-state index in [2.05, 4.69) is 24.3 Å². The van der Waals surface area contributed by atoms with Crippen molar-refractivity contribution in [2.75, 3.05) is 0 Å². The molecule has 0 fully saturated rings. The molecule has 0 aromatic heterocycles. The summed E-state index contributed by atoms with van der Waals surface area (Å²) in [6.45, 7) is 0. The third-order valence-corrected chi connectivity index (χ3v) is 2.62. The number of carbonyl (C=O) groups excluding carboxylic acids is 1. The van der Waals surface area contributed by atoms with E-state index in [1.807, 2.05) is 42.5 Å². The summed E-state index contributed by atoms with van der Waals surface area (Å²) in [6, 6.07) is 20.3. The van der Waals surface area contributed by atoms with Gasteiger partial charge in [-0.15, -0.1) is 0 Å². The highest BCUT2D eigenvalue weighted by Gasteiger charge is 2.02. The predicted molar refractivity (Wildman–Crippen MR) is 75.2 cm³/mol. The maximum Gasteiger partial charge on any atom is 0.142 e. The molecule has 88 valence electrons. The Morgan fingerprint density at radius 1 is 0.722 bits per heavy atom. The number of benzene rings is 2. The van der Waals surface area contributed by atoms with Crippen molar-refractivity contribution in [1.29, 1.82) is 0 Å². The van der Waals surface area contributed by atoms with E-state index in [9.17, 15) is 4.79 Å². The van der Waals surface area contributed by atoms with Crippen LogP contribution in [0.25, 0.3) is 5.57 Å². The van der Waals surface area contributed by atoms with E-state index < -0.39 is 0 Å². The molecular weight excluding hydrogens is 220 g/mol. The average Bonchev–Trinajstić information content (AvgIpc) is 2.46. The van der Waals surface area contributed by atoms with Gasteiger partial charge in [-0.2, -0.15) is 0 Å². The Labute approximate surface area is 107 Å². The van der Waals surface area contributed by atoms with Crippen LogP contribution >= 0.6 is 0 Å². The van der Waals surface area contributed by atoms with Crippen molar-refractivity contribution in [2.24, 2.45) is 0 Å². The number of allylic oxidation sites excluding steroid dienone is 3. The van der Waals surface area contributed by atoms with Crippen LogP contribution in [-0.4, -0.2) is 6.29 Å². The second-order valence-corrected chi connectivity index (χ2v) is 3.83. The number of hydrogen-bond donors (Lipinski definition) is 0. The van der Waals surface area contributed by atoms with Crippen molar-refractivity contribution in [3.8, 4) is 0 Å². The van der Waals surface area contributed by atoms with E-state index >= 15 is 0 Å². The number of rotatable bonds is 4. The molecule has 0 N–H and O–H groups in total. The fourth-order valence-electron chi connectivity index (χ4n) is 1.79. The van der Waals surface area contributed by atoms with Crippen LogP contribution in [0.2, 0.25) is 0 Å². The second-order valence-electron chi connectivity index (χ2n) is 3.83. The molecule has 0 saturated carbocycles. The lowest BCUT2D eigenvalue weighted by molar-refractivity contribution is -0.104. The van der Waals surface area contributed by atoms with Crippen molar-refractivity contribution in [3.63, 3.8) is 0 Å². The Bertz CT molecular complexity index is 509. The summed E-state index contributed by atoms with van der Waals surface area (Å²) in [5.41, 5.74) is 3.38. The average molecular weight is 234 g/mol. The van der Waals surface area contributed by atoms with Gasteiger partial charge >= 0.3 is 0 Å². The molecule has 0 radical (unpaired) electrons. The van der Waals surface area contributed by atoms with Crippen LogP contribution < -0.4 is 0 Å². The van der Waals surface area contributed by atoms with Gasteiger partial charge in [0, 0.05) is 0 Å². The van der Waals surface area contributed by atoms with Crippen molar-refractivity contribution in [2.45, 2.75) is 0 Å². The monoisotopic (exact) mass is 234 g/mol. The maximum absolute atomic E-state index is 10.3. The van der Waals surface area contributed by atoms with E-state index in [0.717, 1.165) is 23.0 Å². The van der Waals surface area contributed by atoms with E-state index in [1.165, 1.54) is 6.08 Å². The van der Waals surface area contributed by atoms with Gasteiger partial charge in [-0.1, -0.05) is 72.8 Å². The highest BCUT2D eigenvalue weighted by molar-refractivity contribution is 5.81. The summed E-state index contributed by atoms with van der Waals surface area (Å²) in [6.07, 6.45) is 6.00. The number of hydrogen-bond acceptors (Lipinski definition) is 1. The summed E-state index contributed by atoms with van der Waals surface area (Å²) in [4.78, 5) is 10.3. The normalized spacial score (nSPS) is 10.2. The SMILES string of the molecule is O=CC=CC=C(c1ccccc1)c1ccccc1. The largest absolute Gasteiger partial charge is 0.299 e. The van der Waals surface area contributed by atoms with Crippen molar-refractivity contribution in [3.05, 3.63) is 90.0 Å². The third-order valence-electron chi connectivity index (χ3n) is 2.62. The Hall–Kier alpha value is -2.41. The van der Waals surface area contributed by atoms with Gasteiger partial charge in [0.15, 0.2) is 0 Å². The Morgan fingerprint density at radius 3 is 1.67 bits per heavy atom. The summed E-state index contributed by atoms with van der Waals surface area (Å²) in [7, 11) is 0. The van der Waals surface area contributed by atoms with Gasteiger partial charge in [0.05, 0.1) is 0 Å². The molecule has 0 unspecified atom stereocenters. The van der Waals surface area contributed by atoms with Gasteiger partial charge in [-0.05, 0) is 22.8 Å². The van der Waals surface area contributed by atoms with E-state index in [4.69, 9.17) is 0 Å². The predicted octanol–water partition coefficient (Wildman–Crippen LogP) is 3.87. The minimum absolute atomic E-state index is 0.782. The molecule has 0 amide bonds. The number of aldehydes is 1. The summed E-state index contributed by atoms with van der Waals surface area (Å²) in [5.74, 6) is 0. The molecule has 0 spiro atoms. The van der Waals surface area contributed by atoms with Gasteiger partial charge in [0.1, 0.15) is 6.29 Å². The lowest BCUT2D eigenvalue weighted by Crippen LogP contribution is -1.86. The Kier molecular flexibility index (Phi) is 4.26. The molecule has 0 heterocycles. The first-order valence-electron chi connectivity index (χ1n) is 5.85. The lowest BCUT2D eigenvalue weighted by atomic mass is 9.97. The van der Waals surface area contributed by atoms with Gasteiger partial charge in [0.25, 0.3) is 0 Å². The molecule has 0 bridgehead atoms. The molecule has 0 saturated heterocycles. The summed E-state index contributed by atoms with van der Waals surface area (Å²) < 4.78 is 0. The van der Waals surface area contributed by atoms with E-state index in [1.54, 1.807) is 6.08 Å². The molecule has 18 heavy (non-hydrogen) atoms. The van der Waals surface area contributed by atoms with Crippen LogP contribution in [-0.2, 0) is 4.79 Å². The van der Waals surface area contributed by atoms with Crippen LogP contribution in [0.5, 0.6) is 0 Å². The van der Waals surface area contributed by atoms with Crippen molar-refractivity contribution in [1.82, 2.24) is 0 Å². The quantitative estimate of drug-likeness (QED) is 0.446. The zero-order chi connectivity index (χ0) is 12.6. The molecule has 2 aromatic carbocycles. The molecule has 2 aromatic rings. The van der Waals surface area contributed by atoms with Gasteiger partial charge in [-0.25, -0.2) is 0 Å². The van der Waals surface area contributed by atoms with Gasteiger partial charge < -0.3 is 0 Å². The van der Waals surface area contributed by atoms with Crippen LogP contribution in [0, 0.1) is 0 Å². The van der Waals surface area contributed by atoms with E-state index in [-0.39, 0.29) is 0 Å². The second kappa shape index (κ2) is 6.36. The van der Waals surface area contributed by atoms with Crippen molar-refractivity contribution < 1.29 is 4.79 Å². The summed E-state index contributed by atoms with van der Waals surface area (Å²) in [5, 5.41) is 0. The van der Waals surface area contributed by atoms with Crippen LogP contribution in [0.1, 0.15) is 11.1 Å². The lowest BCUT2D eigenvalue weighted by Gasteiger charge is -2.07. The van der Waals surface area contributed by atoms with Crippen LogP contribution in [0.15, 0.2) is 78.9 Å². The highest BCUT2D eigenvalue weighted by Crippen LogP contribution is 2.22. The molecule has 0 aliphatic carbocycles. The zero-order valence-corrected chi connectivity index (χ0v) is 9.99. The molecule has 0 aliphatic rings. The Morgan fingerprint density at radius 2 is 1.22 bits per heavy atom. The first-order chi connectivity index (χ1) is 8.92. The van der Waals surface area contributed by atoms with Crippen LogP contribution in [0.4, 0.5) is 0 Å². The fraction of sp³-hybridized carbons (Fsp3) is 0. The molecule has 1 heteroatoms. The molecule has 2 rings (SSSR count). The highest BCUT2D eigenvalue weighted by atomic mass is 16.1. The topological polar surface area (TPSA) is 17.1 Å². The van der Waals surface area contributed by atoms with Gasteiger partial charge in [0.2, 0.25) is 0 Å². The van der Waals surface area contributed by atoms with Crippen LogP contribution in [0.3, 0.4) is 0 Å². The van der Waals surface area contributed by atoms with Gasteiger partial charge in [-0.3, -0.25) is 4.79 Å². The molecular formula is C17H14O. The Balaban J connectivity index is 2.45.